The van der Waals surface area contributed by atoms with Crippen LogP contribution in [0.1, 0.15) is 39.5 Å². The number of carbonyl (C=O) groups excluding carboxylic acids is 1. The summed E-state index contributed by atoms with van der Waals surface area (Å²) in [6.45, 7) is 4.02. The number of rotatable bonds is 4. The molecule has 1 saturated carbocycles. The lowest BCUT2D eigenvalue weighted by Crippen LogP contribution is -2.42. The average Bonchev–Trinajstić information content (AvgIpc) is 2.90. The number of aliphatic carboxylic acids is 1. The van der Waals surface area contributed by atoms with Crippen molar-refractivity contribution in [1.29, 1.82) is 0 Å². The third-order valence-corrected chi connectivity index (χ3v) is 3.63. The largest absolute Gasteiger partial charge is 0.481 e. The van der Waals surface area contributed by atoms with Crippen LogP contribution in [0.25, 0.3) is 0 Å². The molecule has 2 atom stereocenters. The van der Waals surface area contributed by atoms with Crippen LogP contribution in [0, 0.1) is 11.8 Å². The highest BCUT2D eigenvalue weighted by Gasteiger charge is 2.48. The van der Waals surface area contributed by atoms with Gasteiger partial charge in [-0.05, 0) is 38.5 Å². The molecule has 0 aromatic carbocycles. The van der Waals surface area contributed by atoms with Gasteiger partial charge in [-0.1, -0.05) is 0 Å². The minimum absolute atomic E-state index is 0.0277. The van der Waals surface area contributed by atoms with Crippen LogP contribution in [0.5, 0.6) is 0 Å². The maximum absolute atomic E-state index is 11.9. The fraction of sp³-hybridized carbons (Fsp3) is 0.833. The van der Waals surface area contributed by atoms with Crippen molar-refractivity contribution in [2.24, 2.45) is 11.8 Å². The lowest BCUT2D eigenvalue weighted by Gasteiger charge is -2.31. The predicted octanol–water partition coefficient (Wildman–Crippen LogP) is 1.50. The number of nitrogens with zero attached hydrogens (tertiary/aromatic N) is 1. The summed E-state index contributed by atoms with van der Waals surface area (Å²) >= 11 is 0. The van der Waals surface area contributed by atoms with E-state index in [-0.39, 0.29) is 30.3 Å². The highest BCUT2D eigenvalue weighted by Crippen LogP contribution is 2.45. The molecule has 0 aromatic heterocycles. The summed E-state index contributed by atoms with van der Waals surface area (Å²) in [6.07, 6.45) is 2.86. The van der Waals surface area contributed by atoms with Crippen molar-refractivity contribution >= 4 is 11.9 Å². The predicted molar refractivity (Wildman–Crippen MR) is 58.9 cm³/mol. The normalized spacial score (nSPS) is 30.2. The lowest BCUT2D eigenvalue weighted by atomic mass is 9.93. The van der Waals surface area contributed by atoms with Crippen molar-refractivity contribution in [3.05, 3.63) is 0 Å². The van der Waals surface area contributed by atoms with Gasteiger partial charge in [-0.3, -0.25) is 9.59 Å². The third-order valence-electron chi connectivity index (χ3n) is 3.63. The molecule has 0 aromatic rings. The van der Waals surface area contributed by atoms with Crippen molar-refractivity contribution in [3.8, 4) is 0 Å². The highest BCUT2D eigenvalue weighted by atomic mass is 16.4. The van der Waals surface area contributed by atoms with Crippen molar-refractivity contribution in [2.75, 3.05) is 0 Å². The summed E-state index contributed by atoms with van der Waals surface area (Å²) in [4.78, 5) is 24.6. The van der Waals surface area contributed by atoms with E-state index in [0.29, 0.717) is 12.3 Å². The fourth-order valence-electron chi connectivity index (χ4n) is 2.94. The molecule has 0 spiro atoms. The lowest BCUT2D eigenvalue weighted by molar-refractivity contribution is -0.138. The minimum Gasteiger partial charge on any atom is -0.481 e. The van der Waals surface area contributed by atoms with Crippen LogP contribution in [-0.4, -0.2) is 34.0 Å². The van der Waals surface area contributed by atoms with Crippen molar-refractivity contribution < 1.29 is 14.7 Å². The first-order chi connectivity index (χ1) is 7.50. The van der Waals surface area contributed by atoms with Gasteiger partial charge in [0.05, 0.1) is 6.42 Å². The Hall–Kier alpha value is -1.06. The van der Waals surface area contributed by atoms with E-state index in [0.717, 1.165) is 12.8 Å². The van der Waals surface area contributed by atoms with Crippen molar-refractivity contribution in [2.45, 2.75) is 51.6 Å². The van der Waals surface area contributed by atoms with Gasteiger partial charge in [0.15, 0.2) is 0 Å². The van der Waals surface area contributed by atoms with Crippen LogP contribution in [0.3, 0.4) is 0 Å². The van der Waals surface area contributed by atoms with E-state index in [9.17, 15) is 9.59 Å². The molecule has 1 N–H and O–H groups in total. The molecule has 2 rings (SSSR count). The smallest absolute Gasteiger partial charge is 0.303 e. The maximum Gasteiger partial charge on any atom is 0.303 e. The molecule has 0 radical (unpaired) electrons. The molecule has 1 amide bonds. The van der Waals surface area contributed by atoms with E-state index in [4.69, 9.17) is 5.11 Å². The van der Waals surface area contributed by atoms with Gasteiger partial charge < -0.3 is 10.0 Å². The molecule has 1 saturated heterocycles. The Labute approximate surface area is 95.6 Å². The zero-order valence-electron chi connectivity index (χ0n) is 9.85. The maximum atomic E-state index is 11.9. The molecule has 1 heterocycles. The molecule has 1 aliphatic carbocycles. The number of amides is 1. The molecule has 2 fully saturated rings. The molecular weight excluding hydrogens is 206 g/mol. The molecule has 90 valence electrons. The summed E-state index contributed by atoms with van der Waals surface area (Å²) < 4.78 is 0. The Balaban J connectivity index is 2.14. The Kier molecular flexibility index (Phi) is 2.91. The number of likely N-dealkylation sites (tertiary alicyclic amines) is 1. The number of carboxylic acid groups (broad SMARTS) is 1. The van der Waals surface area contributed by atoms with Crippen molar-refractivity contribution in [3.63, 3.8) is 0 Å². The Morgan fingerprint density at radius 1 is 1.50 bits per heavy atom. The Morgan fingerprint density at radius 3 is 2.56 bits per heavy atom. The van der Waals surface area contributed by atoms with E-state index in [1.54, 1.807) is 0 Å². The summed E-state index contributed by atoms with van der Waals surface area (Å²) in [7, 11) is 0. The van der Waals surface area contributed by atoms with Gasteiger partial charge in [-0.2, -0.15) is 0 Å². The number of carbonyl (C=O) groups is 2. The molecule has 0 bridgehead atoms. The van der Waals surface area contributed by atoms with E-state index in [1.807, 2.05) is 18.7 Å². The first kappa shape index (κ1) is 11.4. The Morgan fingerprint density at radius 2 is 2.12 bits per heavy atom. The summed E-state index contributed by atoms with van der Waals surface area (Å²) in [6, 6.07) is 0.375. The molecular formula is C12H19NO3. The number of carboxylic acids is 1. The molecule has 16 heavy (non-hydrogen) atoms. The summed E-state index contributed by atoms with van der Waals surface area (Å²) in [5.41, 5.74) is 0. The SMILES string of the molecule is CC(C)N1C(=O)C[C@H](CC(=O)O)[C@H]1C1CC1. The number of hydrogen-bond donors (Lipinski definition) is 1. The van der Waals surface area contributed by atoms with Crippen LogP contribution in [0.15, 0.2) is 0 Å². The summed E-state index contributed by atoms with van der Waals surface area (Å²) in [5.74, 6) is -0.0645. The van der Waals surface area contributed by atoms with E-state index >= 15 is 0 Å². The first-order valence-electron chi connectivity index (χ1n) is 6.03. The zero-order valence-corrected chi connectivity index (χ0v) is 9.85. The quantitative estimate of drug-likeness (QED) is 0.788. The standard InChI is InChI=1S/C12H19NO3/c1-7(2)13-10(14)5-9(6-11(15)16)12(13)8-3-4-8/h7-9,12H,3-6H2,1-2H3,(H,15,16)/t9-,12-/m1/s1. The highest BCUT2D eigenvalue weighted by molar-refractivity contribution is 5.81. The van der Waals surface area contributed by atoms with Crippen LogP contribution in [-0.2, 0) is 9.59 Å². The second-order valence-electron chi connectivity index (χ2n) is 5.28. The van der Waals surface area contributed by atoms with Gasteiger partial charge in [-0.25, -0.2) is 0 Å². The molecule has 0 unspecified atom stereocenters. The van der Waals surface area contributed by atoms with E-state index in [2.05, 4.69) is 0 Å². The second kappa shape index (κ2) is 4.07. The van der Waals surface area contributed by atoms with Crippen LogP contribution in [0.2, 0.25) is 0 Å². The van der Waals surface area contributed by atoms with Crippen molar-refractivity contribution in [1.82, 2.24) is 4.90 Å². The van der Waals surface area contributed by atoms with Gasteiger partial charge in [0, 0.05) is 18.5 Å². The van der Waals surface area contributed by atoms with Crippen LogP contribution in [0.4, 0.5) is 0 Å². The molecule has 4 nitrogen and oxygen atoms in total. The fourth-order valence-corrected chi connectivity index (χ4v) is 2.94. The first-order valence-corrected chi connectivity index (χ1v) is 6.03. The topological polar surface area (TPSA) is 57.6 Å². The molecule has 1 aliphatic heterocycles. The average molecular weight is 225 g/mol. The third kappa shape index (κ3) is 2.06. The molecule has 4 heteroatoms. The van der Waals surface area contributed by atoms with E-state index in [1.165, 1.54) is 0 Å². The van der Waals surface area contributed by atoms with Gasteiger partial charge in [-0.15, -0.1) is 0 Å². The van der Waals surface area contributed by atoms with Gasteiger partial charge >= 0.3 is 5.97 Å². The minimum atomic E-state index is -0.783. The van der Waals surface area contributed by atoms with Crippen LogP contribution >= 0.6 is 0 Å². The molecule has 2 aliphatic rings. The van der Waals surface area contributed by atoms with Gasteiger partial charge in [0.25, 0.3) is 0 Å². The Bertz CT molecular complexity index is 309. The van der Waals surface area contributed by atoms with Crippen LogP contribution < -0.4 is 0 Å². The summed E-state index contributed by atoms with van der Waals surface area (Å²) in [5, 5.41) is 8.88. The zero-order chi connectivity index (χ0) is 11.9. The monoisotopic (exact) mass is 225 g/mol. The van der Waals surface area contributed by atoms with E-state index < -0.39 is 5.97 Å². The van der Waals surface area contributed by atoms with Gasteiger partial charge in [0.2, 0.25) is 5.91 Å². The van der Waals surface area contributed by atoms with Gasteiger partial charge in [0.1, 0.15) is 0 Å². The second-order valence-corrected chi connectivity index (χ2v) is 5.28. The number of hydrogen-bond acceptors (Lipinski definition) is 2.